The Morgan fingerprint density at radius 1 is 1.32 bits per heavy atom. The first-order valence-electron chi connectivity index (χ1n) is 6.37. The number of aliphatic hydroxyl groups is 1. The summed E-state index contributed by atoms with van der Waals surface area (Å²) in [6, 6.07) is -1.20. The average Bonchev–Trinajstić information content (AvgIpc) is 2.38. The molecule has 0 unspecified atom stereocenters. The minimum Gasteiger partial charge on any atom is -0.480 e. The van der Waals surface area contributed by atoms with E-state index in [1.54, 1.807) is 18.8 Å². The summed E-state index contributed by atoms with van der Waals surface area (Å²) < 4.78 is 0. The van der Waals surface area contributed by atoms with E-state index < -0.39 is 12.0 Å². The standard InChI is InChI=1S/C12H24N2O4S/c1-14(7-4-3-5-8-15)12(18)13-10(11(16)17)6-9-19-2/h10,15H,3-9H2,1-2H3,(H,13,18)(H,16,17)/t10-/m1/s1. The van der Waals surface area contributed by atoms with Crippen LogP contribution in [0.3, 0.4) is 0 Å². The van der Waals surface area contributed by atoms with Gasteiger partial charge < -0.3 is 20.4 Å². The van der Waals surface area contributed by atoms with Crippen LogP contribution in [0.2, 0.25) is 0 Å². The zero-order valence-corrected chi connectivity index (χ0v) is 12.4. The number of carboxylic acids is 1. The van der Waals surface area contributed by atoms with Crippen molar-refractivity contribution in [2.75, 3.05) is 32.2 Å². The molecule has 0 rings (SSSR count). The summed E-state index contributed by atoms with van der Waals surface area (Å²) in [6.07, 6.45) is 4.69. The highest BCUT2D eigenvalue weighted by atomic mass is 32.2. The van der Waals surface area contributed by atoms with Crippen LogP contribution in [0.5, 0.6) is 0 Å². The van der Waals surface area contributed by atoms with Gasteiger partial charge in [-0.1, -0.05) is 0 Å². The van der Waals surface area contributed by atoms with Crippen molar-refractivity contribution in [2.45, 2.75) is 31.7 Å². The lowest BCUT2D eigenvalue weighted by atomic mass is 10.2. The molecular weight excluding hydrogens is 268 g/mol. The second-order valence-electron chi connectivity index (χ2n) is 4.33. The van der Waals surface area contributed by atoms with Crippen LogP contribution in [-0.2, 0) is 4.79 Å². The molecule has 1 atom stereocenters. The Balaban J connectivity index is 4.05. The number of carboxylic acid groups (broad SMARTS) is 1. The maximum absolute atomic E-state index is 11.8. The molecule has 0 radical (unpaired) electrons. The molecule has 0 aromatic rings. The van der Waals surface area contributed by atoms with E-state index in [-0.39, 0.29) is 12.6 Å². The zero-order chi connectivity index (χ0) is 14.7. The summed E-state index contributed by atoms with van der Waals surface area (Å²) in [7, 11) is 1.64. The van der Waals surface area contributed by atoms with Crippen LogP contribution in [0.15, 0.2) is 0 Å². The quantitative estimate of drug-likeness (QED) is 0.523. The molecule has 6 nitrogen and oxygen atoms in total. The second-order valence-corrected chi connectivity index (χ2v) is 5.31. The van der Waals surface area contributed by atoms with E-state index in [1.807, 2.05) is 6.26 Å². The predicted molar refractivity (Wildman–Crippen MR) is 76.5 cm³/mol. The number of carbonyl (C=O) groups is 2. The van der Waals surface area contributed by atoms with E-state index in [2.05, 4.69) is 5.32 Å². The molecular formula is C12H24N2O4S. The summed E-state index contributed by atoms with van der Waals surface area (Å²) in [5.41, 5.74) is 0. The van der Waals surface area contributed by atoms with Gasteiger partial charge in [0, 0.05) is 20.2 Å². The lowest BCUT2D eigenvalue weighted by Crippen LogP contribution is -2.47. The Kier molecular flexibility index (Phi) is 10.4. The van der Waals surface area contributed by atoms with Crippen LogP contribution in [0.4, 0.5) is 4.79 Å². The highest BCUT2D eigenvalue weighted by Crippen LogP contribution is 2.03. The summed E-state index contributed by atoms with van der Waals surface area (Å²) in [4.78, 5) is 24.3. The summed E-state index contributed by atoms with van der Waals surface area (Å²) in [5, 5.41) is 20.2. The molecule has 7 heteroatoms. The number of carbonyl (C=O) groups excluding carboxylic acids is 1. The first-order chi connectivity index (χ1) is 9.02. The molecule has 0 heterocycles. The Hall–Kier alpha value is -0.950. The van der Waals surface area contributed by atoms with Crippen LogP contribution in [0, 0.1) is 0 Å². The van der Waals surface area contributed by atoms with E-state index >= 15 is 0 Å². The van der Waals surface area contributed by atoms with Crippen molar-refractivity contribution in [2.24, 2.45) is 0 Å². The number of aliphatic carboxylic acids is 1. The van der Waals surface area contributed by atoms with Crippen molar-refractivity contribution in [1.82, 2.24) is 10.2 Å². The van der Waals surface area contributed by atoms with E-state index in [1.165, 1.54) is 4.90 Å². The molecule has 0 saturated heterocycles. The number of urea groups is 1. The first-order valence-corrected chi connectivity index (χ1v) is 7.76. The molecule has 3 N–H and O–H groups in total. The molecule has 0 aliphatic heterocycles. The van der Waals surface area contributed by atoms with Crippen molar-refractivity contribution in [3.05, 3.63) is 0 Å². The third kappa shape index (κ3) is 8.72. The number of nitrogens with one attached hydrogen (secondary N) is 1. The molecule has 0 bridgehead atoms. The predicted octanol–water partition coefficient (Wildman–Crippen LogP) is 0.997. The second kappa shape index (κ2) is 10.9. The van der Waals surface area contributed by atoms with Crippen LogP contribution >= 0.6 is 11.8 Å². The summed E-state index contributed by atoms with van der Waals surface area (Å²) in [6.45, 7) is 0.715. The van der Waals surface area contributed by atoms with Gasteiger partial charge in [0.25, 0.3) is 0 Å². The van der Waals surface area contributed by atoms with Crippen LogP contribution in [0.25, 0.3) is 0 Å². The third-order valence-electron chi connectivity index (χ3n) is 2.70. The van der Waals surface area contributed by atoms with Crippen LogP contribution < -0.4 is 5.32 Å². The lowest BCUT2D eigenvalue weighted by molar-refractivity contribution is -0.139. The fourth-order valence-corrected chi connectivity index (χ4v) is 1.96. The van der Waals surface area contributed by atoms with Gasteiger partial charge >= 0.3 is 12.0 Å². The minimum absolute atomic E-state index is 0.158. The first kappa shape index (κ1) is 18.0. The van der Waals surface area contributed by atoms with Gasteiger partial charge in [0.2, 0.25) is 0 Å². The smallest absolute Gasteiger partial charge is 0.326 e. The summed E-state index contributed by atoms with van der Waals surface area (Å²) >= 11 is 1.55. The van der Waals surface area contributed by atoms with Gasteiger partial charge in [0.05, 0.1) is 0 Å². The van der Waals surface area contributed by atoms with E-state index in [9.17, 15) is 9.59 Å². The van der Waals surface area contributed by atoms with Gasteiger partial charge in [-0.2, -0.15) is 11.8 Å². The average molecular weight is 292 g/mol. The van der Waals surface area contributed by atoms with Crippen molar-refractivity contribution in [1.29, 1.82) is 0 Å². The topological polar surface area (TPSA) is 89.9 Å². The molecule has 0 saturated carbocycles. The molecule has 0 fully saturated rings. The number of hydrogen-bond acceptors (Lipinski definition) is 4. The number of rotatable bonds is 10. The van der Waals surface area contributed by atoms with Crippen molar-refractivity contribution in [3.8, 4) is 0 Å². The Labute approximate surface area is 118 Å². The maximum atomic E-state index is 11.8. The van der Waals surface area contributed by atoms with E-state index in [0.717, 1.165) is 19.3 Å². The molecule has 0 aromatic carbocycles. The highest BCUT2D eigenvalue weighted by Gasteiger charge is 2.20. The Morgan fingerprint density at radius 3 is 2.53 bits per heavy atom. The molecule has 19 heavy (non-hydrogen) atoms. The van der Waals surface area contributed by atoms with Gasteiger partial charge in [-0.25, -0.2) is 9.59 Å². The van der Waals surface area contributed by atoms with Crippen LogP contribution in [0.1, 0.15) is 25.7 Å². The fraction of sp³-hybridized carbons (Fsp3) is 0.833. The largest absolute Gasteiger partial charge is 0.480 e. The van der Waals surface area contributed by atoms with Gasteiger partial charge in [-0.05, 0) is 37.7 Å². The molecule has 112 valence electrons. The zero-order valence-electron chi connectivity index (χ0n) is 11.6. The molecule has 2 amide bonds. The van der Waals surface area contributed by atoms with Crippen molar-refractivity contribution < 1.29 is 19.8 Å². The molecule has 0 spiro atoms. The molecule has 0 aromatic heterocycles. The van der Waals surface area contributed by atoms with Gasteiger partial charge in [-0.15, -0.1) is 0 Å². The number of hydrogen-bond donors (Lipinski definition) is 3. The van der Waals surface area contributed by atoms with E-state index in [4.69, 9.17) is 10.2 Å². The normalized spacial score (nSPS) is 11.9. The van der Waals surface area contributed by atoms with Gasteiger partial charge in [0.15, 0.2) is 0 Å². The Bertz CT molecular complexity index is 276. The third-order valence-corrected chi connectivity index (χ3v) is 3.35. The maximum Gasteiger partial charge on any atom is 0.326 e. The minimum atomic E-state index is -1.00. The van der Waals surface area contributed by atoms with E-state index in [0.29, 0.717) is 18.7 Å². The monoisotopic (exact) mass is 292 g/mol. The SMILES string of the molecule is CSCC[C@@H](NC(=O)N(C)CCCCCO)C(=O)O. The number of aliphatic hydroxyl groups excluding tert-OH is 1. The lowest BCUT2D eigenvalue weighted by Gasteiger charge is -2.21. The van der Waals surface area contributed by atoms with Gasteiger partial charge in [-0.3, -0.25) is 0 Å². The number of amides is 2. The summed E-state index contributed by atoms with van der Waals surface area (Å²) in [5.74, 6) is -0.312. The Morgan fingerprint density at radius 2 is 2.00 bits per heavy atom. The van der Waals surface area contributed by atoms with Crippen molar-refractivity contribution in [3.63, 3.8) is 0 Å². The number of thioether (sulfide) groups is 1. The molecule has 0 aliphatic carbocycles. The number of unbranched alkanes of at least 4 members (excludes halogenated alkanes) is 2. The van der Waals surface area contributed by atoms with Crippen molar-refractivity contribution >= 4 is 23.8 Å². The van der Waals surface area contributed by atoms with Crippen LogP contribution in [-0.4, -0.2) is 65.4 Å². The number of nitrogens with zero attached hydrogens (tertiary/aromatic N) is 1. The fourth-order valence-electron chi connectivity index (χ4n) is 1.49. The molecule has 0 aliphatic rings. The highest BCUT2D eigenvalue weighted by molar-refractivity contribution is 7.98. The van der Waals surface area contributed by atoms with Gasteiger partial charge in [0.1, 0.15) is 6.04 Å².